The van der Waals surface area contributed by atoms with Gasteiger partial charge in [-0.3, -0.25) is 0 Å². The third-order valence-electron chi connectivity index (χ3n) is 2.73. The molecule has 1 aliphatic rings. The molecule has 2 N–H and O–H groups in total. The van der Waals surface area contributed by atoms with E-state index in [4.69, 9.17) is 10.5 Å². The first-order valence-corrected chi connectivity index (χ1v) is 5.01. The number of nitrogen functional groups attached to an aromatic ring is 1. The number of halogens is 2. The second-order valence-electron chi connectivity index (χ2n) is 3.79. The van der Waals surface area contributed by atoms with Crippen LogP contribution in [0.25, 0.3) is 0 Å². The van der Waals surface area contributed by atoms with E-state index in [1.807, 2.05) is 0 Å². The molecule has 1 aromatic rings. The number of likely N-dealkylation sites (N-methyl/N-ethyl adjacent to an activating group) is 1. The fraction of sp³-hybridized carbons (Fsp3) is 0.500. The van der Waals surface area contributed by atoms with Crippen LogP contribution in [0.5, 0.6) is 0 Å². The maximum Gasteiger partial charge on any atom is 0.168 e. The first-order chi connectivity index (χ1) is 7.59. The highest BCUT2D eigenvalue weighted by Crippen LogP contribution is 2.23. The van der Waals surface area contributed by atoms with Gasteiger partial charge in [-0.15, -0.1) is 0 Å². The standard InChI is InChI=1S/C10H13F2N3O/c1-15(6-2-3-16-5-6)10-8(12)4-7(11)9(13)14-10/h4,6H,2-3,5H2,1H3,(H2,13,14). The summed E-state index contributed by atoms with van der Waals surface area (Å²) < 4.78 is 31.6. The van der Waals surface area contributed by atoms with Crippen molar-refractivity contribution in [3.63, 3.8) is 0 Å². The summed E-state index contributed by atoms with van der Waals surface area (Å²) in [5, 5.41) is 0. The monoisotopic (exact) mass is 229 g/mol. The van der Waals surface area contributed by atoms with E-state index in [-0.39, 0.29) is 17.7 Å². The molecule has 1 saturated heterocycles. The zero-order chi connectivity index (χ0) is 11.7. The second kappa shape index (κ2) is 4.21. The maximum atomic E-state index is 13.5. The molecule has 0 radical (unpaired) electrons. The zero-order valence-electron chi connectivity index (χ0n) is 8.91. The lowest BCUT2D eigenvalue weighted by molar-refractivity contribution is 0.193. The smallest absolute Gasteiger partial charge is 0.168 e. The van der Waals surface area contributed by atoms with E-state index in [0.29, 0.717) is 13.2 Å². The number of nitrogens with two attached hydrogens (primary N) is 1. The average molecular weight is 229 g/mol. The third kappa shape index (κ3) is 1.92. The van der Waals surface area contributed by atoms with Crippen molar-refractivity contribution in [2.24, 2.45) is 0 Å². The number of anilines is 2. The Morgan fingerprint density at radius 2 is 2.25 bits per heavy atom. The quantitative estimate of drug-likeness (QED) is 0.827. The van der Waals surface area contributed by atoms with Gasteiger partial charge in [0.2, 0.25) is 0 Å². The van der Waals surface area contributed by atoms with Crippen LogP contribution in [-0.4, -0.2) is 31.3 Å². The number of rotatable bonds is 2. The van der Waals surface area contributed by atoms with E-state index >= 15 is 0 Å². The number of pyridine rings is 1. The molecule has 0 spiro atoms. The topological polar surface area (TPSA) is 51.4 Å². The van der Waals surface area contributed by atoms with E-state index < -0.39 is 11.6 Å². The van der Waals surface area contributed by atoms with Crippen LogP contribution in [0.4, 0.5) is 20.4 Å². The molecular formula is C10H13F2N3O. The highest BCUT2D eigenvalue weighted by molar-refractivity contribution is 5.47. The molecule has 6 heteroatoms. The Kier molecular flexibility index (Phi) is 2.91. The average Bonchev–Trinajstić information content (AvgIpc) is 2.75. The van der Waals surface area contributed by atoms with E-state index in [2.05, 4.69) is 4.98 Å². The molecule has 2 heterocycles. The zero-order valence-corrected chi connectivity index (χ0v) is 8.91. The van der Waals surface area contributed by atoms with Crippen LogP contribution in [0.2, 0.25) is 0 Å². The lowest BCUT2D eigenvalue weighted by Crippen LogP contribution is -2.33. The SMILES string of the molecule is CN(c1nc(N)c(F)cc1F)C1CCOC1. The summed E-state index contributed by atoms with van der Waals surface area (Å²) in [7, 11) is 1.70. The van der Waals surface area contributed by atoms with Gasteiger partial charge in [-0.1, -0.05) is 0 Å². The molecule has 88 valence electrons. The first kappa shape index (κ1) is 11.1. The summed E-state index contributed by atoms with van der Waals surface area (Å²) in [6.07, 6.45) is 0.800. The molecule has 0 bridgehead atoms. The van der Waals surface area contributed by atoms with Crippen molar-refractivity contribution in [3.05, 3.63) is 17.7 Å². The van der Waals surface area contributed by atoms with Crippen molar-refractivity contribution in [1.29, 1.82) is 0 Å². The predicted molar refractivity (Wildman–Crippen MR) is 56.2 cm³/mol. The van der Waals surface area contributed by atoms with Crippen LogP contribution >= 0.6 is 0 Å². The molecule has 2 rings (SSSR count). The van der Waals surface area contributed by atoms with Gasteiger partial charge in [0.1, 0.15) is 0 Å². The Morgan fingerprint density at radius 1 is 1.50 bits per heavy atom. The van der Waals surface area contributed by atoms with Crippen molar-refractivity contribution in [1.82, 2.24) is 4.98 Å². The van der Waals surface area contributed by atoms with Crippen molar-refractivity contribution in [2.45, 2.75) is 12.5 Å². The molecule has 0 aromatic carbocycles. The largest absolute Gasteiger partial charge is 0.381 e. The van der Waals surface area contributed by atoms with Gasteiger partial charge < -0.3 is 15.4 Å². The van der Waals surface area contributed by atoms with Gasteiger partial charge >= 0.3 is 0 Å². The highest BCUT2D eigenvalue weighted by atomic mass is 19.1. The minimum Gasteiger partial charge on any atom is -0.381 e. The van der Waals surface area contributed by atoms with Gasteiger partial charge in [-0.2, -0.15) is 0 Å². The van der Waals surface area contributed by atoms with E-state index in [1.54, 1.807) is 11.9 Å². The lowest BCUT2D eigenvalue weighted by atomic mass is 10.2. The molecule has 0 amide bonds. The molecular weight excluding hydrogens is 216 g/mol. The molecule has 16 heavy (non-hydrogen) atoms. The van der Waals surface area contributed by atoms with Crippen LogP contribution in [0.3, 0.4) is 0 Å². The minimum absolute atomic E-state index is 0.0619. The van der Waals surface area contributed by atoms with Crippen LogP contribution in [0, 0.1) is 11.6 Å². The van der Waals surface area contributed by atoms with E-state index in [9.17, 15) is 8.78 Å². The summed E-state index contributed by atoms with van der Waals surface area (Å²) in [4.78, 5) is 5.35. The van der Waals surface area contributed by atoms with Crippen LogP contribution in [-0.2, 0) is 4.74 Å². The van der Waals surface area contributed by atoms with Gasteiger partial charge in [-0.25, -0.2) is 13.8 Å². The molecule has 1 aromatic heterocycles. The molecule has 4 nitrogen and oxygen atoms in total. The molecule has 1 fully saturated rings. The number of hydrogen-bond acceptors (Lipinski definition) is 4. The van der Waals surface area contributed by atoms with Crippen molar-refractivity contribution in [3.8, 4) is 0 Å². The summed E-state index contributed by atoms with van der Waals surface area (Å²) in [6.45, 7) is 1.17. The number of nitrogens with zero attached hydrogens (tertiary/aromatic N) is 2. The van der Waals surface area contributed by atoms with Gasteiger partial charge in [0, 0.05) is 19.7 Å². The summed E-state index contributed by atoms with van der Waals surface area (Å²) in [5.41, 5.74) is 5.32. The Labute approximate surface area is 92.0 Å². The Morgan fingerprint density at radius 3 is 2.88 bits per heavy atom. The van der Waals surface area contributed by atoms with E-state index in [0.717, 1.165) is 12.5 Å². The third-order valence-corrected chi connectivity index (χ3v) is 2.73. The summed E-state index contributed by atoms with van der Waals surface area (Å²) >= 11 is 0. The van der Waals surface area contributed by atoms with Gasteiger partial charge in [0.25, 0.3) is 0 Å². The van der Waals surface area contributed by atoms with Crippen molar-refractivity contribution < 1.29 is 13.5 Å². The minimum atomic E-state index is -0.836. The first-order valence-electron chi connectivity index (χ1n) is 5.01. The van der Waals surface area contributed by atoms with Gasteiger partial charge in [0.05, 0.1) is 12.6 Å². The van der Waals surface area contributed by atoms with Crippen molar-refractivity contribution in [2.75, 3.05) is 30.9 Å². The second-order valence-corrected chi connectivity index (χ2v) is 3.79. The normalized spacial score (nSPS) is 20.1. The summed E-state index contributed by atoms with van der Waals surface area (Å²) in [5.74, 6) is -1.77. The molecule has 0 saturated carbocycles. The lowest BCUT2D eigenvalue weighted by Gasteiger charge is -2.24. The van der Waals surface area contributed by atoms with E-state index in [1.165, 1.54) is 0 Å². The van der Waals surface area contributed by atoms with Gasteiger partial charge in [-0.05, 0) is 6.42 Å². The van der Waals surface area contributed by atoms with Crippen LogP contribution in [0.15, 0.2) is 6.07 Å². The fourth-order valence-electron chi connectivity index (χ4n) is 1.72. The summed E-state index contributed by atoms with van der Waals surface area (Å²) in [6, 6.07) is 0.816. The fourth-order valence-corrected chi connectivity index (χ4v) is 1.72. The maximum absolute atomic E-state index is 13.5. The number of aromatic nitrogens is 1. The highest BCUT2D eigenvalue weighted by Gasteiger charge is 2.24. The molecule has 1 atom stereocenters. The Balaban J connectivity index is 2.28. The molecule has 1 unspecified atom stereocenters. The molecule has 0 aliphatic carbocycles. The number of hydrogen-bond donors (Lipinski definition) is 1. The Hall–Kier alpha value is -1.43. The number of ether oxygens (including phenoxy) is 1. The van der Waals surface area contributed by atoms with Crippen LogP contribution in [0.1, 0.15) is 6.42 Å². The predicted octanol–water partition coefficient (Wildman–Crippen LogP) is 1.17. The molecule has 1 aliphatic heterocycles. The Bertz CT molecular complexity index is 394. The van der Waals surface area contributed by atoms with Gasteiger partial charge in [0.15, 0.2) is 23.3 Å². The van der Waals surface area contributed by atoms with Crippen molar-refractivity contribution >= 4 is 11.6 Å². The van der Waals surface area contributed by atoms with Crippen LogP contribution < -0.4 is 10.6 Å².